The summed E-state index contributed by atoms with van der Waals surface area (Å²) in [6.07, 6.45) is 6.05. The van der Waals surface area contributed by atoms with Crippen LogP contribution in [0.2, 0.25) is 0 Å². The molecule has 1 atom stereocenters. The molecule has 62 heavy (non-hydrogen) atoms. The number of ether oxygens (including phenoxy) is 1. The fourth-order valence-corrected chi connectivity index (χ4v) is 10.0. The van der Waals surface area contributed by atoms with Crippen molar-refractivity contribution in [3.8, 4) is 11.3 Å². The normalized spacial score (nSPS) is 19.4. The number of aliphatic hydroxyl groups excluding tert-OH is 1. The highest BCUT2D eigenvalue weighted by atomic mass is 32.2. The predicted molar refractivity (Wildman–Crippen MR) is 225 cm³/mol. The second kappa shape index (κ2) is 16.0. The molecule has 0 bridgehead atoms. The Bertz CT molecular complexity index is 2660. The van der Waals surface area contributed by atoms with Crippen LogP contribution in [-0.2, 0) is 52.4 Å². The number of nitrogens with one attached hydrogen (secondary N) is 2. The monoisotopic (exact) mass is 879 g/mol. The van der Waals surface area contributed by atoms with Crippen LogP contribution in [0.15, 0.2) is 59.0 Å². The third-order valence-corrected chi connectivity index (χ3v) is 13.6. The summed E-state index contributed by atoms with van der Waals surface area (Å²) >= 11 is 0. The topological polar surface area (TPSA) is 184 Å². The van der Waals surface area contributed by atoms with Gasteiger partial charge < -0.3 is 34.5 Å². The summed E-state index contributed by atoms with van der Waals surface area (Å²) in [5, 5.41) is 16.0. The van der Waals surface area contributed by atoms with E-state index in [9.17, 15) is 41.1 Å². The first-order valence-electron chi connectivity index (χ1n) is 20.3. The lowest BCUT2D eigenvalue weighted by Crippen LogP contribution is -2.60. The fraction of sp³-hybridized carbons (Fsp3) is 0.452. The maximum Gasteiger partial charge on any atom is 0.501 e. The molecule has 0 spiro atoms. The standard InChI is InChI=1S/C42H48F3N9O7S/c1-6-35(56)48-30-15-26(16-34(62(59,60)42(43,44)45)36(30)52-13-12-51(19-24(52)2)27-22-61-23-27)47-37-40(58)50(5)20-31(49-37)28-8-9-46-38(29(28)21-55)54-11-7-10-53-32(39(54)57)14-25-17-41(3,4)18-33(25)53/h6,8-9,14-16,20,24,27,55H,1,7,10-13,17-19,21-23H2,2-5H3,(H,47,49)(H,48,56)/t24-/m0/s1. The lowest BCUT2D eigenvalue weighted by Gasteiger charge is -2.47. The van der Waals surface area contributed by atoms with Crippen molar-refractivity contribution in [3.05, 3.63) is 82.2 Å². The lowest BCUT2D eigenvalue weighted by atomic mass is 9.90. The number of aryl methyl sites for hydroxylation is 1. The number of carbonyl (C=O) groups excluding carboxylic acids is 2. The van der Waals surface area contributed by atoms with E-state index in [-0.39, 0.29) is 58.0 Å². The third-order valence-electron chi connectivity index (χ3n) is 12.1. The van der Waals surface area contributed by atoms with Crippen LogP contribution >= 0.6 is 0 Å². The quantitative estimate of drug-likeness (QED) is 0.192. The summed E-state index contributed by atoms with van der Waals surface area (Å²) in [7, 11) is -4.65. The van der Waals surface area contributed by atoms with Crippen LogP contribution in [0.5, 0.6) is 0 Å². The molecule has 2 saturated heterocycles. The molecule has 2 fully saturated rings. The van der Waals surface area contributed by atoms with Gasteiger partial charge in [-0.05, 0) is 67.5 Å². The number of rotatable bonds is 10. The highest BCUT2D eigenvalue weighted by Crippen LogP contribution is 2.45. The van der Waals surface area contributed by atoms with Gasteiger partial charge >= 0.3 is 5.51 Å². The highest BCUT2D eigenvalue weighted by Gasteiger charge is 2.50. The van der Waals surface area contributed by atoms with Crippen molar-refractivity contribution in [1.82, 2.24) is 24.0 Å². The minimum absolute atomic E-state index is 0.0918. The van der Waals surface area contributed by atoms with E-state index >= 15 is 0 Å². The average Bonchev–Trinajstić information content (AvgIpc) is 3.61. The molecule has 0 unspecified atom stereocenters. The number of aliphatic hydroxyl groups is 1. The molecule has 4 aliphatic rings. The number of anilines is 5. The molecule has 8 rings (SSSR count). The first kappa shape index (κ1) is 43.1. The molecule has 1 aromatic carbocycles. The van der Waals surface area contributed by atoms with Crippen molar-refractivity contribution < 1.29 is 41.0 Å². The third kappa shape index (κ3) is 7.66. The number of hydrogen-bond donors (Lipinski definition) is 3. The van der Waals surface area contributed by atoms with Gasteiger partial charge in [0.1, 0.15) is 16.4 Å². The number of piperazine rings is 1. The molecule has 3 N–H and O–H groups in total. The van der Waals surface area contributed by atoms with Gasteiger partial charge in [-0.25, -0.2) is 18.4 Å². The van der Waals surface area contributed by atoms with E-state index in [1.165, 1.54) is 35.3 Å². The minimum Gasteiger partial charge on any atom is -0.392 e. The molecule has 3 aromatic heterocycles. The summed E-state index contributed by atoms with van der Waals surface area (Å²) in [6, 6.07) is 5.14. The Morgan fingerprint density at radius 2 is 1.87 bits per heavy atom. The molecule has 1 aliphatic carbocycles. The summed E-state index contributed by atoms with van der Waals surface area (Å²) in [5.74, 6) is -1.31. The molecular weight excluding hydrogens is 832 g/mol. The van der Waals surface area contributed by atoms with E-state index in [0.717, 1.165) is 40.8 Å². The fourth-order valence-electron chi connectivity index (χ4n) is 9.03. The van der Waals surface area contributed by atoms with Gasteiger partial charge in [0.15, 0.2) is 5.82 Å². The Labute approximate surface area is 355 Å². The molecule has 4 aromatic rings. The van der Waals surface area contributed by atoms with E-state index in [4.69, 9.17) is 4.74 Å². The molecular formula is C42H48F3N9O7S. The van der Waals surface area contributed by atoms with E-state index < -0.39 is 50.2 Å². The maximum atomic E-state index is 14.5. The molecule has 3 aliphatic heterocycles. The molecule has 2 amide bonds. The zero-order valence-corrected chi connectivity index (χ0v) is 35.6. The number of hydrogen-bond acceptors (Lipinski definition) is 12. The second-order valence-electron chi connectivity index (χ2n) is 17.1. The number of amides is 2. The molecule has 330 valence electrons. The Morgan fingerprint density at radius 3 is 2.53 bits per heavy atom. The van der Waals surface area contributed by atoms with Gasteiger partial charge in [0.2, 0.25) is 5.91 Å². The van der Waals surface area contributed by atoms with Gasteiger partial charge in [-0.15, -0.1) is 0 Å². The summed E-state index contributed by atoms with van der Waals surface area (Å²) in [6.45, 7) is 11.9. The number of sulfone groups is 1. The smallest absolute Gasteiger partial charge is 0.392 e. The molecule has 16 nitrogen and oxygen atoms in total. The Hall–Kier alpha value is -5.57. The number of alkyl halides is 3. The molecule has 20 heteroatoms. The van der Waals surface area contributed by atoms with Gasteiger partial charge in [0, 0.05) is 80.7 Å². The van der Waals surface area contributed by atoms with Gasteiger partial charge in [-0.3, -0.25) is 24.2 Å². The van der Waals surface area contributed by atoms with Crippen molar-refractivity contribution in [2.24, 2.45) is 12.5 Å². The number of halogens is 3. The van der Waals surface area contributed by atoms with Crippen molar-refractivity contribution in [3.63, 3.8) is 0 Å². The van der Waals surface area contributed by atoms with Gasteiger partial charge in [0.05, 0.1) is 42.9 Å². The van der Waals surface area contributed by atoms with Crippen molar-refractivity contribution in [2.75, 3.05) is 59.8 Å². The van der Waals surface area contributed by atoms with E-state index in [1.54, 1.807) is 13.0 Å². The van der Waals surface area contributed by atoms with Crippen molar-refractivity contribution in [2.45, 2.75) is 75.7 Å². The Kier molecular flexibility index (Phi) is 11.1. The van der Waals surface area contributed by atoms with Crippen LogP contribution in [0.25, 0.3) is 11.3 Å². The lowest BCUT2D eigenvalue weighted by molar-refractivity contribution is -0.111. The number of carbonyl (C=O) groups is 2. The number of fused-ring (bicyclic) bond motifs is 3. The van der Waals surface area contributed by atoms with E-state index in [2.05, 4.69) is 50.5 Å². The highest BCUT2D eigenvalue weighted by molar-refractivity contribution is 7.92. The zero-order chi connectivity index (χ0) is 44.5. The van der Waals surface area contributed by atoms with Crippen LogP contribution < -0.4 is 26.0 Å². The zero-order valence-electron chi connectivity index (χ0n) is 34.8. The molecule has 0 saturated carbocycles. The first-order chi connectivity index (χ1) is 29.3. The second-order valence-corrected chi connectivity index (χ2v) is 19.0. The summed E-state index contributed by atoms with van der Waals surface area (Å²) in [4.78, 5) is 53.8. The molecule has 6 heterocycles. The maximum absolute atomic E-state index is 14.5. The average molecular weight is 880 g/mol. The van der Waals surface area contributed by atoms with Crippen LogP contribution in [0, 0.1) is 5.41 Å². The number of nitrogens with zero attached hydrogens (tertiary/aromatic N) is 7. The van der Waals surface area contributed by atoms with E-state index in [0.29, 0.717) is 57.1 Å². The van der Waals surface area contributed by atoms with E-state index in [1.807, 2.05) is 6.07 Å². The largest absolute Gasteiger partial charge is 0.501 e. The minimum atomic E-state index is -6.07. The van der Waals surface area contributed by atoms with Crippen LogP contribution in [0.4, 0.5) is 41.9 Å². The number of benzene rings is 1. The van der Waals surface area contributed by atoms with Crippen molar-refractivity contribution >= 4 is 50.3 Å². The van der Waals surface area contributed by atoms with Crippen LogP contribution in [-0.4, -0.2) is 106 Å². The SMILES string of the molecule is C=CC(=O)Nc1cc(Nc2nc(-c3ccnc(N4CCCn5c(cc6c5CC(C)(C)C6)C4=O)c3CO)cn(C)c2=O)cc(S(=O)(=O)C(F)(F)F)c1N1CCN(C2COC2)C[C@@H]1C. The Balaban J connectivity index is 1.19. The number of aromatic nitrogens is 4. The predicted octanol–water partition coefficient (Wildman–Crippen LogP) is 4.38. The number of pyridine rings is 1. The van der Waals surface area contributed by atoms with Gasteiger partial charge in [0.25, 0.3) is 21.3 Å². The Morgan fingerprint density at radius 1 is 1.11 bits per heavy atom. The van der Waals surface area contributed by atoms with Crippen LogP contribution in [0.3, 0.4) is 0 Å². The molecule has 0 radical (unpaired) electrons. The van der Waals surface area contributed by atoms with Gasteiger partial charge in [-0.2, -0.15) is 13.2 Å². The van der Waals surface area contributed by atoms with Crippen molar-refractivity contribution in [1.29, 1.82) is 0 Å². The van der Waals surface area contributed by atoms with Gasteiger partial charge in [-0.1, -0.05) is 20.4 Å². The summed E-state index contributed by atoms with van der Waals surface area (Å²) in [5.41, 5.74) is -3.83. The van der Waals surface area contributed by atoms with Crippen LogP contribution in [0.1, 0.15) is 54.5 Å². The summed E-state index contributed by atoms with van der Waals surface area (Å²) < 4.78 is 79.0. The first-order valence-corrected chi connectivity index (χ1v) is 21.8.